The molecule has 0 aromatic heterocycles. The summed E-state index contributed by atoms with van der Waals surface area (Å²) in [7, 11) is 0. The molecule has 1 aromatic rings. The summed E-state index contributed by atoms with van der Waals surface area (Å²) in [5.41, 5.74) is 0.130. The van der Waals surface area contributed by atoms with Gasteiger partial charge in [0.1, 0.15) is 5.75 Å². The number of hydrogen-bond acceptors (Lipinski definition) is 3. The Kier molecular flexibility index (Phi) is 5.02. The summed E-state index contributed by atoms with van der Waals surface area (Å²) in [6.07, 6.45) is 4.63. The summed E-state index contributed by atoms with van der Waals surface area (Å²) in [6.45, 7) is -1.16. The molecule has 0 radical (unpaired) electrons. The lowest BCUT2D eigenvalue weighted by atomic mass is 9.87. The number of hydrogen-bond donors (Lipinski definition) is 0. The number of benzene rings is 1. The number of amides is 2. The fraction of sp³-hybridized carbons (Fsp3) is 0.600. The molecule has 146 valence electrons. The van der Waals surface area contributed by atoms with Crippen LogP contribution in [0.25, 0.3) is 0 Å². The second-order valence-corrected chi connectivity index (χ2v) is 7.77. The molecule has 0 N–H and O–H groups in total. The van der Waals surface area contributed by atoms with E-state index < -0.39 is 6.61 Å². The largest absolute Gasteiger partial charge is 0.434 e. The molecular weight excluding hydrogens is 354 g/mol. The zero-order valence-corrected chi connectivity index (χ0v) is 15.2. The van der Waals surface area contributed by atoms with E-state index in [2.05, 4.69) is 4.74 Å². The Balaban J connectivity index is 1.37. The van der Waals surface area contributed by atoms with Gasteiger partial charge in [-0.3, -0.25) is 9.59 Å². The smallest absolute Gasteiger partial charge is 0.387 e. The first kappa shape index (κ1) is 18.2. The van der Waals surface area contributed by atoms with Crippen LogP contribution in [0.2, 0.25) is 0 Å². The average molecular weight is 378 g/mol. The lowest BCUT2D eigenvalue weighted by Gasteiger charge is -2.37. The number of carbonyl (C=O) groups is 2. The van der Waals surface area contributed by atoms with Crippen LogP contribution in [0.15, 0.2) is 24.3 Å². The number of para-hydroxylation sites is 1. The molecule has 1 aliphatic heterocycles. The third-order valence-corrected chi connectivity index (χ3v) is 6.27. The molecule has 27 heavy (non-hydrogen) atoms. The van der Waals surface area contributed by atoms with Gasteiger partial charge < -0.3 is 14.5 Å². The van der Waals surface area contributed by atoms with E-state index in [1.165, 1.54) is 31.4 Å². The highest BCUT2D eigenvalue weighted by Gasteiger charge is 2.44. The summed E-state index contributed by atoms with van der Waals surface area (Å²) in [5.74, 6) is 1.21. The summed E-state index contributed by atoms with van der Waals surface area (Å²) >= 11 is 0. The van der Waals surface area contributed by atoms with Crippen LogP contribution in [0.4, 0.5) is 8.78 Å². The standard InChI is InChI=1S/C20H24F2N2O3/c21-20(22)27-17-4-2-1-3-15(17)18(25)23-7-9-24(10-8-23)19(26)16-12-13-5-6-14(16)11-13/h1-4,13-14,16,20H,5-12H2/t13-,14-,16-/m1/s1. The molecule has 1 aromatic carbocycles. The number of carbonyl (C=O) groups excluding carboxylic acids is 2. The fourth-order valence-corrected chi connectivity index (χ4v) is 4.92. The van der Waals surface area contributed by atoms with Gasteiger partial charge in [0.2, 0.25) is 5.91 Å². The summed E-state index contributed by atoms with van der Waals surface area (Å²) in [6, 6.07) is 6.04. The average Bonchev–Trinajstić information content (AvgIpc) is 3.30. The molecule has 2 aliphatic carbocycles. The topological polar surface area (TPSA) is 49.9 Å². The van der Waals surface area contributed by atoms with E-state index in [-0.39, 0.29) is 29.0 Å². The zero-order valence-electron chi connectivity index (χ0n) is 15.2. The molecule has 3 aliphatic rings. The first-order valence-corrected chi connectivity index (χ1v) is 9.65. The minimum absolute atomic E-state index is 0.113. The van der Waals surface area contributed by atoms with Gasteiger partial charge in [0.05, 0.1) is 5.56 Å². The van der Waals surface area contributed by atoms with E-state index in [0.717, 1.165) is 12.3 Å². The van der Waals surface area contributed by atoms with Gasteiger partial charge in [-0.1, -0.05) is 18.6 Å². The van der Waals surface area contributed by atoms with Crippen molar-refractivity contribution in [2.75, 3.05) is 26.2 Å². The van der Waals surface area contributed by atoms with Crippen LogP contribution >= 0.6 is 0 Å². The van der Waals surface area contributed by atoms with Crippen LogP contribution in [-0.2, 0) is 4.79 Å². The molecule has 4 rings (SSSR count). The highest BCUT2D eigenvalue weighted by Crippen LogP contribution is 2.48. The summed E-state index contributed by atoms with van der Waals surface area (Å²) < 4.78 is 29.6. The van der Waals surface area contributed by atoms with Gasteiger partial charge in [0.15, 0.2) is 0 Å². The predicted molar refractivity (Wildman–Crippen MR) is 94.5 cm³/mol. The van der Waals surface area contributed by atoms with Crippen molar-refractivity contribution in [3.05, 3.63) is 29.8 Å². The second-order valence-electron chi connectivity index (χ2n) is 7.77. The first-order valence-electron chi connectivity index (χ1n) is 9.65. The van der Waals surface area contributed by atoms with Crippen LogP contribution in [0, 0.1) is 17.8 Å². The molecule has 1 heterocycles. The Morgan fingerprint density at radius 2 is 1.70 bits per heavy atom. The lowest BCUT2D eigenvalue weighted by Crippen LogP contribution is -2.52. The Labute approximate surface area is 157 Å². The Morgan fingerprint density at radius 3 is 2.33 bits per heavy atom. The third-order valence-electron chi connectivity index (χ3n) is 6.27. The molecule has 2 amide bonds. The number of piperazine rings is 1. The van der Waals surface area contributed by atoms with Crippen molar-refractivity contribution >= 4 is 11.8 Å². The van der Waals surface area contributed by atoms with E-state index in [4.69, 9.17) is 0 Å². The monoisotopic (exact) mass is 378 g/mol. The molecule has 2 saturated carbocycles. The van der Waals surface area contributed by atoms with Crippen LogP contribution in [0.1, 0.15) is 36.0 Å². The van der Waals surface area contributed by atoms with Gasteiger partial charge in [-0.05, 0) is 43.2 Å². The molecule has 0 unspecified atom stereocenters. The maximum absolute atomic E-state index is 12.8. The van der Waals surface area contributed by atoms with Crippen LogP contribution in [0.3, 0.4) is 0 Å². The van der Waals surface area contributed by atoms with E-state index >= 15 is 0 Å². The van der Waals surface area contributed by atoms with Gasteiger partial charge in [-0.2, -0.15) is 8.78 Å². The molecule has 5 nitrogen and oxygen atoms in total. The van der Waals surface area contributed by atoms with E-state index in [0.29, 0.717) is 32.1 Å². The van der Waals surface area contributed by atoms with Crippen LogP contribution < -0.4 is 4.74 Å². The SMILES string of the molecule is O=C(c1ccccc1OC(F)F)N1CCN(C(=O)[C@@H]2C[C@@H]3CC[C@@H]2C3)CC1. The second kappa shape index (κ2) is 7.44. The fourth-order valence-electron chi connectivity index (χ4n) is 4.92. The van der Waals surface area contributed by atoms with Crippen molar-refractivity contribution in [2.24, 2.45) is 17.8 Å². The molecule has 0 spiro atoms. The van der Waals surface area contributed by atoms with Crippen molar-refractivity contribution in [3.63, 3.8) is 0 Å². The number of nitrogens with zero attached hydrogens (tertiary/aromatic N) is 2. The number of fused-ring (bicyclic) bond motifs is 2. The number of alkyl halides is 2. The lowest BCUT2D eigenvalue weighted by molar-refractivity contribution is -0.138. The molecule has 3 atom stereocenters. The van der Waals surface area contributed by atoms with Gasteiger partial charge in [-0.25, -0.2) is 0 Å². The first-order chi connectivity index (χ1) is 13.0. The third kappa shape index (κ3) is 3.64. The Bertz CT molecular complexity index is 719. The maximum Gasteiger partial charge on any atom is 0.387 e. The van der Waals surface area contributed by atoms with E-state index in [1.807, 2.05) is 4.90 Å². The van der Waals surface area contributed by atoms with Gasteiger partial charge in [0, 0.05) is 32.1 Å². The Morgan fingerprint density at radius 1 is 1.00 bits per heavy atom. The summed E-state index contributed by atoms with van der Waals surface area (Å²) in [5, 5.41) is 0. The molecular formula is C20H24F2N2O3. The van der Waals surface area contributed by atoms with Gasteiger partial charge in [-0.15, -0.1) is 0 Å². The van der Waals surface area contributed by atoms with Crippen LogP contribution in [0.5, 0.6) is 5.75 Å². The van der Waals surface area contributed by atoms with Crippen molar-refractivity contribution in [3.8, 4) is 5.75 Å². The number of ether oxygens (including phenoxy) is 1. The minimum Gasteiger partial charge on any atom is -0.434 e. The molecule has 2 bridgehead atoms. The Hall–Kier alpha value is -2.18. The van der Waals surface area contributed by atoms with Crippen LogP contribution in [-0.4, -0.2) is 54.4 Å². The number of rotatable bonds is 4. The van der Waals surface area contributed by atoms with Crippen molar-refractivity contribution < 1.29 is 23.1 Å². The normalized spacial score (nSPS) is 27.3. The zero-order chi connectivity index (χ0) is 19.0. The number of halogens is 2. The van der Waals surface area contributed by atoms with Gasteiger partial charge in [0.25, 0.3) is 5.91 Å². The van der Waals surface area contributed by atoms with E-state index in [1.54, 1.807) is 17.0 Å². The molecule has 3 fully saturated rings. The van der Waals surface area contributed by atoms with Crippen molar-refractivity contribution in [1.82, 2.24) is 9.80 Å². The van der Waals surface area contributed by atoms with Crippen molar-refractivity contribution in [2.45, 2.75) is 32.3 Å². The maximum atomic E-state index is 12.8. The molecule has 1 saturated heterocycles. The molecule has 7 heteroatoms. The predicted octanol–water partition coefficient (Wildman–Crippen LogP) is 3.01. The van der Waals surface area contributed by atoms with Gasteiger partial charge >= 0.3 is 6.61 Å². The van der Waals surface area contributed by atoms with Crippen molar-refractivity contribution in [1.29, 1.82) is 0 Å². The van der Waals surface area contributed by atoms with E-state index in [9.17, 15) is 18.4 Å². The highest BCUT2D eigenvalue weighted by molar-refractivity contribution is 5.97. The minimum atomic E-state index is -2.98. The highest BCUT2D eigenvalue weighted by atomic mass is 19.3. The summed E-state index contributed by atoms with van der Waals surface area (Å²) in [4.78, 5) is 29.0. The quantitative estimate of drug-likeness (QED) is 0.809.